The molecule has 0 radical (unpaired) electrons. The molecule has 1 aromatic heterocycles. The number of anilines is 1. The van der Waals surface area contributed by atoms with Crippen LogP contribution in [0.3, 0.4) is 0 Å². The van der Waals surface area contributed by atoms with Gasteiger partial charge >= 0.3 is 5.97 Å². The van der Waals surface area contributed by atoms with Crippen molar-refractivity contribution in [3.63, 3.8) is 0 Å². The fourth-order valence-electron chi connectivity index (χ4n) is 3.76. The number of carbonyl (C=O) groups excluding carboxylic acids is 3. The van der Waals surface area contributed by atoms with Gasteiger partial charge in [0.2, 0.25) is 0 Å². The highest BCUT2D eigenvalue weighted by atomic mass is 32.1. The largest absolute Gasteiger partial charge is 0.486 e. The van der Waals surface area contributed by atoms with Gasteiger partial charge in [0.05, 0.1) is 22.5 Å². The Morgan fingerprint density at radius 1 is 0.914 bits per heavy atom. The second kappa shape index (κ2) is 9.11. The van der Waals surface area contributed by atoms with E-state index in [-0.39, 0.29) is 52.8 Å². The van der Waals surface area contributed by atoms with Gasteiger partial charge in [-0.05, 0) is 36.4 Å². The van der Waals surface area contributed by atoms with Gasteiger partial charge in [-0.25, -0.2) is 14.2 Å². The minimum Gasteiger partial charge on any atom is -0.486 e. The zero-order valence-corrected chi connectivity index (χ0v) is 18.9. The van der Waals surface area contributed by atoms with E-state index in [0.29, 0.717) is 22.0 Å². The van der Waals surface area contributed by atoms with Crippen molar-refractivity contribution in [1.29, 1.82) is 0 Å². The van der Waals surface area contributed by atoms with Gasteiger partial charge in [0.25, 0.3) is 0 Å². The van der Waals surface area contributed by atoms with Crippen molar-refractivity contribution >= 4 is 34.6 Å². The first kappa shape index (κ1) is 22.4. The van der Waals surface area contributed by atoms with E-state index in [0.717, 1.165) is 0 Å². The Labute approximate surface area is 202 Å². The van der Waals surface area contributed by atoms with E-state index in [2.05, 4.69) is 4.98 Å². The summed E-state index contributed by atoms with van der Waals surface area (Å²) in [5.74, 6) is -1.31. The second-order valence-electron chi connectivity index (χ2n) is 7.70. The number of fused-ring (bicyclic) bond motifs is 2. The number of nitrogen functional groups attached to an aromatic ring is 1. The van der Waals surface area contributed by atoms with Crippen LogP contribution in [-0.4, -0.2) is 22.5 Å². The maximum absolute atomic E-state index is 13.0. The quantitative estimate of drug-likeness (QED) is 0.275. The number of hydrogen-bond acceptors (Lipinski definition) is 8. The highest BCUT2D eigenvalue weighted by Gasteiger charge is 2.33. The van der Waals surface area contributed by atoms with Gasteiger partial charge < -0.3 is 15.2 Å². The molecule has 9 heteroatoms. The van der Waals surface area contributed by atoms with E-state index in [1.165, 1.54) is 47.7 Å². The van der Waals surface area contributed by atoms with Crippen LogP contribution in [0, 0.1) is 5.82 Å². The molecule has 0 amide bonds. The molecule has 1 aliphatic carbocycles. The van der Waals surface area contributed by atoms with Gasteiger partial charge in [0.1, 0.15) is 29.8 Å². The van der Waals surface area contributed by atoms with Gasteiger partial charge in [0, 0.05) is 22.1 Å². The maximum Gasteiger partial charge on any atom is 0.340 e. The van der Waals surface area contributed by atoms with Gasteiger partial charge in [0.15, 0.2) is 11.6 Å². The number of halogens is 1. The number of thiazole rings is 1. The summed E-state index contributed by atoms with van der Waals surface area (Å²) >= 11 is 1.33. The fourth-order valence-corrected chi connectivity index (χ4v) is 4.45. The minimum atomic E-state index is -0.735. The molecule has 0 saturated carbocycles. The third-order valence-corrected chi connectivity index (χ3v) is 6.35. The van der Waals surface area contributed by atoms with Crippen LogP contribution < -0.4 is 10.5 Å². The zero-order valence-electron chi connectivity index (χ0n) is 18.1. The van der Waals surface area contributed by atoms with Gasteiger partial charge in [-0.15, -0.1) is 11.3 Å². The molecule has 0 unspecified atom stereocenters. The lowest BCUT2D eigenvalue weighted by molar-refractivity contribution is 0.0469. The molecule has 0 bridgehead atoms. The maximum atomic E-state index is 13.0. The van der Waals surface area contributed by atoms with Crippen LogP contribution in [-0.2, 0) is 18.0 Å². The van der Waals surface area contributed by atoms with Crippen molar-refractivity contribution in [3.8, 4) is 5.75 Å². The summed E-state index contributed by atoms with van der Waals surface area (Å²) < 4.78 is 23.9. The normalized spacial score (nSPS) is 12.1. The average molecular weight is 488 g/mol. The second-order valence-corrected chi connectivity index (χ2v) is 8.65. The minimum absolute atomic E-state index is 0.000577. The Hall–Kier alpha value is -4.37. The standard InChI is InChI=1S/C26H17FN2O5S/c27-14-5-7-16(8-6-14)33-12-21-29-15(13-35-21)11-34-26(32)20-10-9-19-22(23(20)28)25(31)18-4-2-1-3-17(18)24(19)30/h1-10,13H,11-12,28H2. The number of benzene rings is 3. The van der Waals surface area contributed by atoms with Crippen molar-refractivity contribution in [1.82, 2.24) is 4.98 Å². The number of aromatic nitrogens is 1. The lowest BCUT2D eigenvalue weighted by Gasteiger charge is -2.20. The number of carbonyl (C=O) groups is 3. The number of nitrogens with zero attached hydrogens (tertiary/aromatic N) is 1. The first-order valence-corrected chi connectivity index (χ1v) is 11.4. The van der Waals surface area contributed by atoms with Crippen molar-refractivity contribution in [3.05, 3.63) is 110 Å². The number of hydrogen-bond donors (Lipinski definition) is 1. The molecule has 2 N–H and O–H groups in total. The molecular formula is C26H17FN2O5S. The smallest absolute Gasteiger partial charge is 0.340 e. The SMILES string of the molecule is Nc1c(C(=O)OCc2csc(COc3ccc(F)cc3)n2)ccc2c1C(=O)c1ccccc1C2=O. The van der Waals surface area contributed by atoms with E-state index in [9.17, 15) is 18.8 Å². The van der Waals surface area contributed by atoms with E-state index in [1.807, 2.05) is 0 Å². The summed E-state index contributed by atoms with van der Waals surface area (Å²) in [5, 5.41) is 2.38. The van der Waals surface area contributed by atoms with Crippen LogP contribution in [0.4, 0.5) is 10.1 Å². The summed E-state index contributed by atoms with van der Waals surface area (Å²) in [4.78, 5) is 42.9. The number of rotatable bonds is 6. The average Bonchev–Trinajstić information content (AvgIpc) is 3.33. The summed E-state index contributed by atoms with van der Waals surface area (Å²) in [6, 6.07) is 14.9. The molecule has 3 aromatic carbocycles. The summed E-state index contributed by atoms with van der Waals surface area (Å²) in [5.41, 5.74) is 7.31. The Kier molecular flexibility index (Phi) is 5.84. The Bertz CT molecular complexity index is 1480. The third kappa shape index (κ3) is 4.29. The predicted octanol–water partition coefficient (Wildman–Crippen LogP) is 4.58. The van der Waals surface area contributed by atoms with E-state index >= 15 is 0 Å². The summed E-state index contributed by atoms with van der Waals surface area (Å²) in [6.07, 6.45) is 0. The molecule has 4 aromatic rings. The number of ether oxygens (including phenoxy) is 2. The molecule has 0 fully saturated rings. The Balaban J connectivity index is 1.27. The van der Waals surface area contributed by atoms with Crippen LogP contribution in [0.15, 0.2) is 66.0 Å². The molecule has 1 heterocycles. The summed E-state index contributed by atoms with van der Waals surface area (Å²) in [7, 11) is 0. The first-order chi connectivity index (χ1) is 16.9. The number of ketones is 2. The van der Waals surface area contributed by atoms with Crippen LogP contribution in [0.25, 0.3) is 0 Å². The highest BCUT2D eigenvalue weighted by molar-refractivity contribution is 7.09. The van der Waals surface area contributed by atoms with E-state index in [1.54, 1.807) is 29.6 Å². The molecule has 0 atom stereocenters. The van der Waals surface area contributed by atoms with Crippen molar-refractivity contribution in [2.75, 3.05) is 5.73 Å². The number of esters is 1. The number of nitrogens with two attached hydrogens (primary N) is 1. The van der Waals surface area contributed by atoms with Crippen LogP contribution in [0.2, 0.25) is 0 Å². The predicted molar refractivity (Wildman–Crippen MR) is 126 cm³/mol. The highest BCUT2D eigenvalue weighted by Crippen LogP contribution is 2.33. The Morgan fingerprint density at radius 3 is 2.37 bits per heavy atom. The van der Waals surface area contributed by atoms with E-state index < -0.39 is 11.8 Å². The topological polar surface area (TPSA) is 109 Å². The molecule has 0 saturated heterocycles. The van der Waals surface area contributed by atoms with Crippen molar-refractivity contribution in [2.45, 2.75) is 13.2 Å². The Morgan fingerprint density at radius 2 is 1.63 bits per heavy atom. The molecule has 35 heavy (non-hydrogen) atoms. The van der Waals surface area contributed by atoms with Crippen LogP contribution in [0.1, 0.15) is 52.9 Å². The van der Waals surface area contributed by atoms with Crippen molar-refractivity contribution < 1.29 is 28.2 Å². The van der Waals surface area contributed by atoms with Crippen LogP contribution in [0.5, 0.6) is 5.75 Å². The molecule has 7 nitrogen and oxygen atoms in total. The molecule has 1 aliphatic rings. The molecular weight excluding hydrogens is 471 g/mol. The van der Waals surface area contributed by atoms with Crippen LogP contribution >= 0.6 is 11.3 Å². The van der Waals surface area contributed by atoms with Crippen molar-refractivity contribution in [2.24, 2.45) is 0 Å². The molecule has 5 rings (SSSR count). The first-order valence-electron chi connectivity index (χ1n) is 10.5. The zero-order chi connectivity index (χ0) is 24.5. The molecule has 0 aliphatic heterocycles. The van der Waals surface area contributed by atoms with Gasteiger partial charge in [-0.1, -0.05) is 24.3 Å². The molecule has 174 valence electrons. The lowest BCUT2D eigenvalue weighted by atomic mass is 9.82. The monoisotopic (exact) mass is 488 g/mol. The molecule has 0 spiro atoms. The third-order valence-electron chi connectivity index (χ3n) is 5.48. The fraction of sp³-hybridized carbons (Fsp3) is 0.0769. The van der Waals surface area contributed by atoms with E-state index in [4.69, 9.17) is 15.2 Å². The lowest BCUT2D eigenvalue weighted by Crippen LogP contribution is -2.24. The summed E-state index contributed by atoms with van der Waals surface area (Å²) in [6.45, 7) is 0.0672. The van der Waals surface area contributed by atoms with Gasteiger partial charge in [-0.2, -0.15) is 0 Å². The van der Waals surface area contributed by atoms with Gasteiger partial charge in [-0.3, -0.25) is 9.59 Å².